The van der Waals surface area contributed by atoms with E-state index in [1.807, 2.05) is 0 Å². The van der Waals surface area contributed by atoms with Crippen LogP contribution in [0.2, 0.25) is 0 Å². The number of allylic oxidation sites excluding steroid dienone is 1. The molecular weight excluding hydrogens is 211 g/mol. The van der Waals surface area contributed by atoms with Gasteiger partial charge in [-0.2, -0.15) is 6.42 Å². The van der Waals surface area contributed by atoms with Crippen LogP contribution in [0.15, 0.2) is 12.7 Å². The van der Waals surface area contributed by atoms with Gasteiger partial charge in [0.15, 0.2) is 0 Å². The monoisotopic (exact) mass is 222 g/mol. The first-order chi connectivity index (χ1) is 1.91. The van der Waals surface area contributed by atoms with Gasteiger partial charge in [0.25, 0.3) is 0 Å². The van der Waals surface area contributed by atoms with E-state index in [1.165, 1.54) is 0 Å². The third kappa shape index (κ3) is 39.7. The molecule has 0 spiro atoms. The van der Waals surface area contributed by atoms with Gasteiger partial charge in [-0.15, -0.1) is 36.6 Å². The Morgan fingerprint density at radius 3 is 1.71 bits per heavy atom. The standard InChI is InChI=1S/C4H7.CH3.HI.Mg/c1-3-4-2;;;/h3H,1-2,4H2;1H3;1H;/q2*-1;;+2. The second kappa shape index (κ2) is 26.9. The molecule has 0 aromatic carbocycles. The molecule has 0 bridgehead atoms. The quantitative estimate of drug-likeness (QED) is 0.276. The normalized spacial score (nSPS) is 3.57. The van der Waals surface area contributed by atoms with Crippen LogP contribution in [-0.4, -0.2) is 23.1 Å². The van der Waals surface area contributed by atoms with Gasteiger partial charge in [0.1, 0.15) is 0 Å². The van der Waals surface area contributed by atoms with E-state index in [-0.39, 0.29) is 54.5 Å². The minimum Gasteiger partial charge on any atom is -0.358 e. The summed E-state index contributed by atoms with van der Waals surface area (Å²) in [5.74, 6) is 0. The van der Waals surface area contributed by atoms with Crippen LogP contribution in [0.4, 0.5) is 0 Å². The van der Waals surface area contributed by atoms with E-state index >= 15 is 0 Å². The van der Waals surface area contributed by atoms with Gasteiger partial charge < -0.3 is 14.4 Å². The molecule has 0 heterocycles. The topological polar surface area (TPSA) is 0 Å². The summed E-state index contributed by atoms with van der Waals surface area (Å²) in [5.41, 5.74) is 0. The Hall–Kier alpha value is 1.24. The zero-order valence-electron chi connectivity index (χ0n) is 4.81. The van der Waals surface area contributed by atoms with Crippen LogP contribution in [0.3, 0.4) is 0 Å². The smallest absolute Gasteiger partial charge is 0.358 e. The summed E-state index contributed by atoms with van der Waals surface area (Å²) in [4.78, 5) is 0. The zero-order chi connectivity index (χ0) is 3.41. The molecule has 0 radical (unpaired) electrons. The molecule has 0 rings (SSSR count). The largest absolute Gasteiger partial charge is 2.00 e. The first-order valence-electron chi connectivity index (χ1n) is 1.32. The van der Waals surface area contributed by atoms with Crippen molar-refractivity contribution in [2.24, 2.45) is 0 Å². The third-order valence-electron chi connectivity index (χ3n) is 0.204. The molecule has 0 N–H and O–H groups in total. The zero-order valence-corrected chi connectivity index (χ0v) is 8.56. The predicted octanol–water partition coefficient (Wildman–Crippen LogP) is 2.08. The van der Waals surface area contributed by atoms with Gasteiger partial charge >= 0.3 is 23.1 Å². The molecule has 0 aromatic rings. The Morgan fingerprint density at radius 1 is 1.57 bits per heavy atom. The summed E-state index contributed by atoms with van der Waals surface area (Å²) in [6, 6.07) is 0. The second-order valence-electron chi connectivity index (χ2n) is 0.577. The maximum atomic E-state index is 3.49. The summed E-state index contributed by atoms with van der Waals surface area (Å²) in [6.07, 6.45) is 2.60. The molecule has 0 saturated carbocycles. The average Bonchev–Trinajstić information content (AvgIpc) is 1.37. The minimum atomic E-state index is 0. The molecule has 7 heavy (non-hydrogen) atoms. The molecular formula is C5H11IMg. The Labute approximate surface area is 79.9 Å². The molecule has 40 valence electrons. The molecule has 0 unspecified atom stereocenters. The van der Waals surface area contributed by atoms with Crippen LogP contribution < -0.4 is 0 Å². The van der Waals surface area contributed by atoms with Crippen LogP contribution in [0.5, 0.6) is 0 Å². The van der Waals surface area contributed by atoms with Crippen molar-refractivity contribution in [3.8, 4) is 0 Å². The minimum absolute atomic E-state index is 0. The van der Waals surface area contributed by atoms with E-state index < -0.39 is 0 Å². The molecule has 0 amide bonds. The first kappa shape index (κ1) is 24.0. The third-order valence-corrected chi connectivity index (χ3v) is 0.204. The first-order valence-corrected chi connectivity index (χ1v) is 1.32. The Morgan fingerprint density at radius 2 is 1.71 bits per heavy atom. The number of hydrogen-bond donors (Lipinski definition) is 0. The Kier molecular flexibility index (Phi) is 92.3. The van der Waals surface area contributed by atoms with Gasteiger partial charge in [0.05, 0.1) is 0 Å². The van der Waals surface area contributed by atoms with Gasteiger partial charge in [-0.05, 0) is 0 Å². The van der Waals surface area contributed by atoms with Gasteiger partial charge in [-0.3, -0.25) is 0 Å². The molecule has 0 aliphatic heterocycles. The van der Waals surface area contributed by atoms with Crippen molar-refractivity contribution in [1.82, 2.24) is 0 Å². The van der Waals surface area contributed by atoms with E-state index in [9.17, 15) is 0 Å². The van der Waals surface area contributed by atoms with Crippen molar-refractivity contribution in [2.45, 2.75) is 6.42 Å². The van der Waals surface area contributed by atoms with Crippen molar-refractivity contribution in [3.05, 3.63) is 27.0 Å². The predicted molar refractivity (Wildman–Crippen MR) is 47.8 cm³/mol. The Balaban J connectivity index is -0.0000000150. The summed E-state index contributed by atoms with van der Waals surface area (Å²) >= 11 is 0. The molecule has 0 nitrogen and oxygen atoms in total. The van der Waals surface area contributed by atoms with Crippen LogP contribution in [0.25, 0.3) is 0 Å². The molecule has 0 aliphatic carbocycles. The molecule has 0 fully saturated rings. The molecule has 0 aliphatic rings. The maximum absolute atomic E-state index is 3.49. The average molecular weight is 222 g/mol. The van der Waals surface area contributed by atoms with Crippen LogP contribution in [0.1, 0.15) is 6.42 Å². The maximum Gasteiger partial charge on any atom is 2.00 e. The summed E-state index contributed by atoms with van der Waals surface area (Å²) in [7, 11) is 0. The van der Waals surface area contributed by atoms with Crippen LogP contribution in [0, 0.1) is 14.4 Å². The van der Waals surface area contributed by atoms with Crippen molar-refractivity contribution in [1.29, 1.82) is 0 Å². The SMILES string of the molecule is C=CC[CH2-].I.[CH3-].[Mg+2]. The fourth-order valence-corrected chi connectivity index (χ4v) is 0. The Bertz CT molecular complexity index is 22.0. The summed E-state index contributed by atoms with van der Waals surface area (Å²) in [6.45, 7) is 6.90. The van der Waals surface area contributed by atoms with E-state index in [4.69, 9.17) is 0 Å². The molecule has 0 atom stereocenters. The number of halogens is 1. The van der Waals surface area contributed by atoms with E-state index in [0.29, 0.717) is 0 Å². The van der Waals surface area contributed by atoms with Gasteiger partial charge in [0, 0.05) is 0 Å². The van der Waals surface area contributed by atoms with E-state index in [0.717, 1.165) is 6.42 Å². The summed E-state index contributed by atoms with van der Waals surface area (Å²) in [5, 5.41) is 0. The number of hydrogen-bond acceptors (Lipinski definition) is 0. The summed E-state index contributed by atoms with van der Waals surface area (Å²) < 4.78 is 0. The van der Waals surface area contributed by atoms with Gasteiger partial charge in [-0.1, -0.05) is 0 Å². The molecule has 2 heteroatoms. The fourth-order valence-electron chi connectivity index (χ4n) is 0. The van der Waals surface area contributed by atoms with Gasteiger partial charge in [0.2, 0.25) is 0 Å². The van der Waals surface area contributed by atoms with Crippen molar-refractivity contribution < 1.29 is 0 Å². The second-order valence-corrected chi connectivity index (χ2v) is 0.577. The van der Waals surface area contributed by atoms with E-state index in [1.54, 1.807) is 6.08 Å². The van der Waals surface area contributed by atoms with Crippen LogP contribution >= 0.6 is 24.0 Å². The molecule has 0 saturated heterocycles. The molecule has 0 aromatic heterocycles. The van der Waals surface area contributed by atoms with Crippen molar-refractivity contribution >= 4 is 47.0 Å². The van der Waals surface area contributed by atoms with Crippen LogP contribution in [-0.2, 0) is 0 Å². The van der Waals surface area contributed by atoms with Gasteiger partial charge in [-0.25, -0.2) is 0 Å². The number of rotatable bonds is 1. The van der Waals surface area contributed by atoms with E-state index in [2.05, 4.69) is 13.5 Å². The fraction of sp³-hybridized carbons (Fsp3) is 0.200. The van der Waals surface area contributed by atoms with Crippen molar-refractivity contribution in [2.75, 3.05) is 0 Å². The van der Waals surface area contributed by atoms with Crippen molar-refractivity contribution in [3.63, 3.8) is 0 Å².